The van der Waals surface area contributed by atoms with E-state index >= 15 is 0 Å². The van der Waals surface area contributed by atoms with Crippen molar-refractivity contribution >= 4 is 17.7 Å². The van der Waals surface area contributed by atoms with Gasteiger partial charge in [0.1, 0.15) is 5.60 Å². The lowest BCUT2D eigenvalue weighted by atomic mass is 10.0. The summed E-state index contributed by atoms with van der Waals surface area (Å²) in [6.07, 6.45) is 1.49. The van der Waals surface area contributed by atoms with E-state index in [-0.39, 0.29) is 5.91 Å². The standard InChI is InChI=1S/C22H26N2O3/c1-22(2,3)27-21(26)23-15-16-8-6-10-18(14-16)20(25)24-13-7-11-17-9-4-5-12-19(17)24/h4-6,8-10,12,14H,7,11,13,15H2,1-3H3,(H,23,26). The molecular formula is C22H26N2O3. The maximum atomic E-state index is 13.1. The van der Waals surface area contributed by atoms with Crippen LogP contribution in [0.2, 0.25) is 0 Å². The van der Waals surface area contributed by atoms with E-state index in [0.717, 1.165) is 30.6 Å². The molecule has 2 aromatic carbocycles. The van der Waals surface area contributed by atoms with Gasteiger partial charge in [0.05, 0.1) is 0 Å². The largest absolute Gasteiger partial charge is 0.444 e. The van der Waals surface area contributed by atoms with Gasteiger partial charge in [-0.15, -0.1) is 0 Å². The number of benzene rings is 2. The molecule has 0 saturated heterocycles. The summed E-state index contributed by atoms with van der Waals surface area (Å²) in [4.78, 5) is 26.7. The molecule has 1 aliphatic rings. The molecule has 1 aliphatic heterocycles. The van der Waals surface area contributed by atoms with Crippen molar-refractivity contribution in [1.29, 1.82) is 0 Å². The van der Waals surface area contributed by atoms with E-state index in [9.17, 15) is 9.59 Å². The Morgan fingerprint density at radius 2 is 1.89 bits per heavy atom. The molecule has 0 spiro atoms. The Balaban J connectivity index is 1.71. The van der Waals surface area contributed by atoms with Gasteiger partial charge in [0.15, 0.2) is 0 Å². The summed E-state index contributed by atoms with van der Waals surface area (Å²) in [5.41, 5.74) is 3.14. The maximum absolute atomic E-state index is 13.1. The maximum Gasteiger partial charge on any atom is 0.407 e. The first-order valence-electron chi connectivity index (χ1n) is 9.29. The molecule has 1 heterocycles. The van der Waals surface area contributed by atoms with Crippen LogP contribution in [0.25, 0.3) is 0 Å². The molecule has 0 bridgehead atoms. The summed E-state index contributed by atoms with van der Waals surface area (Å²) >= 11 is 0. The van der Waals surface area contributed by atoms with Gasteiger partial charge in [-0.25, -0.2) is 4.79 Å². The van der Waals surface area contributed by atoms with E-state index < -0.39 is 11.7 Å². The van der Waals surface area contributed by atoms with E-state index in [0.29, 0.717) is 12.1 Å². The highest BCUT2D eigenvalue weighted by molar-refractivity contribution is 6.06. The Kier molecular flexibility index (Phi) is 5.49. The van der Waals surface area contributed by atoms with Crippen molar-refractivity contribution in [1.82, 2.24) is 5.32 Å². The first-order valence-corrected chi connectivity index (χ1v) is 9.29. The fourth-order valence-electron chi connectivity index (χ4n) is 3.20. The lowest BCUT2D eigenvalue weighted by molar-refractivity contribution is 0.0523. The third-order valence-electron chi connectivity index (χ3n) is 4.37. The SMILES string of the molecule is CC(C)(C)OC(=O)NCc1cccc(C(=O)N2CCCc3ccccc32)c1. The number of nitrogens with one attached hydrogen (secondary N) is 1. The zero-order chi connectivity index (χ0) is 19.4. The highest BCUT2D eigenvalue weighted by Gasteiger charge is 2.23. The van der Waals surface area contributed by atoms with E-state index in [1.807, 2.05) is 68.1 Å². The van der Waals surface area contributed by atoms with Crippen molar-refractivity contribution in [2.75, 3.05) is 11.4 Å². The van der Waals surface area contributed by atoms with Crippen LogP contribution in [0.3, 0.4) is 0 Å². The van der Waals surface area contributed by atoms with E-state index in [1.165, 1.54) is 5.56 Å². The Morgan fingerprint density at radius 3 is 2.67 bits per heavy atom. The summed E-state index contributed by atoms with van der Waals surface area (Å²) in [5, 5.41) is 2.73. The first kappa shape index (κ1) is 19.0. The molecule has 0 saturated carbocycles. The van der Waals surface area contributed by atoms with Gasteiger partial charge in [-0.1, -0.05) is 30.3 Å². The summed E-state index contributed by atoms with van der Waals surface area (Å²) in [5.74, 6) is -0.0127. The van der Waals surface area contributed by atoms with Crippen LogP contribution >= 0.6 is 0 Å². The van der Waals surface area contributed by atoms with Crippen LogP contribution < -0.4 is 10.2 Å². The second kappa shape index (κ2) is 7.82. The van der Waals surface area contributed by atoms with Crippen molar-refractivity contribution in [3.63, 3.8) is 0 Å². The number of para-hydroxylation sites is 1. The minimum Gasteiger partial charge on any atom is -0.444 e. The number of rotatable bonds is 3. The van der Waals surface area contributed by atoms with Crippen LogP contribution in [0.5, 0.6) is 0 Å². The van der Waals surface area contributed by atoms with E-state index in [2.05, 4.69) is 11.4 Å². The third-order valence-corrected chi connectivity index (χ3v) is 4.37. The van der Waals surface area contributed by atoms with Gasteiger partial charge in [-0.3, -0.25) is 4.79 Å². The van der Waals surface area contributed by atoms with Gasteiger partial charge in [0.25, 0.3) is 5.91 Å². The number of nitrogens with zero attached hydrogens (tertiary/aromatic N) is 1. The number of alkyl carbamates (subject to hydrolysis) is 1. The molecule has 1 N–H and O–H groups in total. The summed E-state index contributed by atoms with van der Waals surface area (Å²) < 4.78 is 5.25. The molecule has 142 valence electrons. The average molecular weight is 366 g/mol. The van der Waals surface area contributed by atoms with Gasteiger partial charge >= 0.3 is 6.09 Å². The predicted molar refractivity (Wildman–Crippen MR) is 106 cm³/mol. The zero-order valence-electron chi connectivity index (χ0n) is 16.1. The quantitative estimate of drug-likeness (QED) is 0.881. The lowest BCUT2D eigenvalue weighted by Crippen LogP contribution is -2.35. The zero-order valence-corrected chi connectivity index (χ0v) is 16.1. The molecule has 0 aromatic heterocycles. The molecule has 5 nitrogen and oxygen atoms in total. The minimum absolute atomic E-state index is 0.0127. The second-order valence-corrected chi connectivity index (χ2v) is 7.74. The van der Waals surface area contributed by atoms with Gasteiger partial charge in [0, 0.05) is 24.3 Å². The minimum atomic E-state index is -0.538. The fraction of sp³-hybridized carbons (Fsp3) is 0.364. The van der Waals surface area contributed by atoms with Crippen LogP contribution in [0.4, 0.5) is 10.5 Å². The number of aryl methyl sites for hydroxylation is 1. The number of hydrogen-bond donors (Lipinski definition) is 1. The highest BCUT2D eigenvalue weighted by atomic mass is 16.6. The highest BCUT2D eigenvalue weighted by Crippen LogP contribution is 2.28. The Hall–Kier alpha value is -2.82. The molecule has 0 atom stereocenters. The number of fused-ring (bicyclic) bond motifs is 1. The summed E-state index contributed by atoms with van der Waals surface area (Å²) in [6.45, 7) is 6.50. The van der Waals surface area contributed by atoms with Gasteiger partial charge in [-0.2, -0.15) is 0 Å². The van der Waals surface area contributed by atoms with E-state index in [4.69, 9.17) is 4.74 Å². The molecular weight excluding hydrogens is 340 g/mol. The number of anilines is 1. The number of amides is 2. The van der Waals surface area contributed by atoms with Gasteiger partial charge < -0.3 is 15.0 Å². The average Bonchev–Trinajstić information content (AvgIpc) is 2.64. The number of carbonyl (C=O) groups excluding carboxylic acids is 2. The van der Waals surface area contributed by atoms with Crippen molar-refractivity contribution in [2.45, 2.75) is 45.8 Å². The molecule has 2 aromatic rings. The van der Waals surface area contributed by atoms with Crippen LogP contribution in [0, 0.1) is 0 Å². The van der Waals surface area contributed by atoms with Crippen LogP contribution in [0.1, 0.15) is 48.7 Å². The molecule has 27 heavy (non-hydrogen) atoms. The molecule has 3 rings (SSSR count). The normalized spacial score (nSPS) is 13.7. The van der Waals surface area contributed by atoms with E-state index in [1.54, 1.807) is 0 Å². The summed E-state index contributed by atoms with van der Waals surface area (Å²) in [6, 6.07) is 15.4. The van der Waals surface area contributed by atoms with Crippen molar-refractivity contribution < 1.29 is 14.3 Å². The van der Waals surface area contributed by atoms with Crippen LogP contribution in [-0.2, 0) is 17.7 Å². The molecule has 0 unspecified atom stereocenters. The van der Waals surface area contributed by atoms with Crippen molar-refractivity contribution in [3.8, 4) is 0 Å². The van der Waals surface area contributed by atoms with Crippen molar-refractivity contribution in [2.24, 2.45) is 0 Å². The van der Waals surface area contributed by atoms with Gasteiger partial charge in [0.2, 0.25) is 0 Å². The number of hydrogen-bond acceptors (Lipinski definition) is 3. The smallest absolute Gasteiger partial charge is 0.407 e. The third kappa shape index (κ3) is 4.88. The number of carbonyl (C=O) groups is 2. The molecule has 5 heteroatoms. The molecule has 0 fully saturated rings. The molecule has 0 aliphatic carbocycles. The Morgan fingerprint density at radius 1 is 1.11 bits per heavy atom. The lowest BCUT2D eigenvalue weighted by Gasteiger charge is -2.29. The second-order valence-electron chi connectivity index (χ2n) is 7.74. The molecule has 0 radical (unpaired) electrons. The summed E-state index contributed by atoms with van der Waals surface area (Å²) in [7, 11) is 0. The molecule has 2 amide bonds. The van der Waals surface area contributed by atoms with Crippen LogP contribution in [0.15, 0.2) is 48.5 Å². The van der Waals surface area contributed by atoms with Crippen LogP contribution in [-0.4, -0.2) is 24.1 Å². The Labute approximate surface area is 160 Å². The monoisotopic (exact) mass is 366 g/mol. The van der Waals surface area contributed by atoms with Gasteiger partial charge in [-0.05, 0) is 62.9 Å². The first-order chi connectivity index (χ1) is 12.8. The predicted octanol–water partition coefficient (Wildman–Crippen LogP) is 4.30. The van der Waals surface area contributed by atoms with Crippen molar-refractivity contribution in [3.05, 3.63) is 65.2 Å². The fourth-order valence-corrected chi connectivity index (χ4v) is 3.20. The number of ether oxygens (including phenoxy) is 1. The Bertz CT molecular complexity index is 839. The topological polar surface area (TPSA) is 58.6 Å².